The Morgan fingerprint density at radius 1 is 0.812 bits per heavy atom. The van der Waals surface area contributed by atoms with Gasteiger partial charge in [-0.3, -0.25) is 0 Å². The lowest BCUT2D eigenvalue weighted by Crippen LogP contribution is -2.04. The maximum absolute atomic E-state index is 9.52. The minimum Gasteiger partial charge on any atom is -0.393 e. The molecule has 0 fully saturated rings. The number of hydrogen-bond acceptors (Lipinski definition) is 1. The third kappa shape index (κ3) is 11.8. The molecule has 0 heterocycles. The van der Waals surface area contributed by atoms with Crippen LogP contribution in [0.4, 0.5) is 0 Å². The average Bonchev–Trinajstić information content (AvgIpc) is 2.27. The fourth-order valence-electron chi connectivity index (χ4n) is 1.87. The first-order valence-corrected chi connectivity index (χ1v) is 7.14. The molecule has 0 aromatic carbocycles. The molecule has 0 aromatic rings. The molecule has 16 heavy (non-hydrogen) atoms. The van der Waals surface area contributed by atoms with Gasteiger partial charge >= 0.3 is 0 Å². The van der Waals surface area contributed by atoms with Crippen molar-refractivity contribution < 1.29 is 5.11 Å². The number of unbranched alkanes of at least 4 members (excludes halogenated alkanes) is 5. The van der Waals surface area contributed by atoms with Gasteiger partial charge in [0.1, 0.15) is 0 Å². The Balaban J connectivity index is 3.15. The van der Waals surface area contributed by atoms with Gasteiger partial charge in [-0.15, -0.1) is 0 Å². The van der Waals surface area contributed by atoms with Crippen molar-refractivity contribution in [3.8, 4) is 0 Å². The van der Waals surface area contributed by atoms with Crippen molar-refractivity contribution in [2.75, 3.05) is 0 Å². The van der Waals surface area contributed by atoms with E-state index in [9.17, 15) is 5.11 Å². The van der Waals surface area contributed by atoms with E-state index in [4.69, 9.17) is 0 Å². The molecule has 0 bridgehead atoms. The Kier molecular flexibility index (Phi) is 12.5. The summed E-state index contributed by atoms with van der Waals surface area (Å²) in [5, 5.41) is 9.52. The van der Waals surface area contributed by atoms with E-state index >= 15 is 0 Å². The molecule has 0 amide bonds. The van der Waals surface area contributed by atoms with Gasteiger partial charge in [-0.25, -0.2) is 0 Å². The lowest BCUT2D eigenvalue weighted by atomic mass is 10.1. The lowest BCUT2D eigenvalue weighted by molar-refractivity contribution is 0.151. The molecule has 0 aliphatic carbocycles. The third-order valence-electron chi connectivity index (χ3n) is 2.92. The largest absolute Gasteiger partial charge is 0.393 e. The van der Waals surface area contributed by atoms with E-state index in [0.29, 0.717) is 0 Å². The molecule has 0 aliphatic heterocycles. The van der Waals surface area contributed by atoms with E-state index < -0.39 is 0 Å². The van der Waals surface area contributed by atoms with Gasteiger partial charge in [0.25, 0.3) is 0 Å². The first kappa shape index (κ1) is 15.7. The van der Waals surface area contributed by atoms with Crippen molar-refractivity contribution in [3.05, 3.63) is 12.2 Å². The molecule has 0 saturated carbocycles. The summed E-state index contributed by atoms with van der Waals surface area (Å²) in [4.78, 5) is 0. The maximum Gasteiger partial charge on any atom is 0.0540 e. The van der Waals surface area contributed by atoms with Crippen LogP contribution in [0.15, 0.2) is 12.2 Å². The van der Waals surface area contributed by atoms with Gasteiger partial charge in [0.05, 0.1) is 6.10 Å². The van der Waals surface area contributed by atoms with Crippen LogP contribution in [0.25, 0.3) is 0 Å². The summed E-state index contributed by atoms with van der Waals surface area (Å²) in [5.74, 6) is 0. The summed E-state index contributed by atoms with van der Waals surface area (Å²) in [6.07, 6.45) is 16.4. The fourth-order valence-corrected chi connectivity index (χ4v) is 1.87. The molecule has 0 rings (SSSR count). The predicted octanol–water partition coefficient (Wildman–Crippen LogP) is 4.84. The average molecular weight is 226 g/mol. The topological polar surface area (TPSA) is 20.2 Å². The zero-order valence-corrected chi connectivity index (χ0v) is 11.3. The highest BCUT2D eigenvalue weighted by molar-refractivity contribution is 4.81. The van der Waals surface area contributed by atoms with Crippen molar-refractivity contribution in [3.63, 3.8) is 0 Å². The summed E-state index contributed by atoms with van der Waals surface area (Å²) in [6.45, 7) is 4.37. The van der Waals surface area contributed by atoms with E-state index in [2.05, 4.69) is 26.0 Å². The lowest BCUT2D eigenvalue weighted by Gasteiger charge is -2.06. The molecule has 1 unspecified atom stereocenters. The molecular weight excluding hydrogens is 196 g/mol. The molecular formula is C15H30O. The van der Waals surface area contributed by atoms with Crippen LogP contribution in [-0.2, 0) is 0 Å². The number of aliphatic hydroxyl groups excluding tert-OH is 1. The quantitative estimate of drug-likeness (QED) is 0.394. The van der Waals surface area contributed by atoms with Gasteiger partial charge in [0.15, 0.2) is 0 Å². The Morgan fingerprint density at radius 3 is 2.12 bits per heavy atom. The Bertz CT molecular complexity index is 152. The van der Waals surface area contributed by atoms with Gasteiger partial charge in [0.2, 0.25) is 0 Å². The molecule has 0 spiro atoms. The van der Waals surface area contributed by atoms with Crippen LogP contribution < -0.4 is 0 Å². The highest BCUT2D eigenvalue weighted by atomic mass is 16.3. The predicted molar refractivity (Wildman–Crippen MR) is 72.7 cm³/mol. The molecule has 0 aliphatic rings. The molecule has 0 radical (unpaired) electrons. The van der Waals surface area contributed by atoms with Gasteiger partial charge in [-0.2, -0.15) is 0 Å². The van der Waals surface area contributed by atoms with Crippen LogP contribution in [0, 0.1) is 0 Å². The second kappa shape index (κ2) is 12.8. The summed E-state index contributed by atoms with van der Waals surface area (Å²) in [5.41, 5.74) is 0. The molecule has 96 valence electrons. The summed E-state index contributed by atoms with van der Waals surface area (Å²) < 4.78 is 0. The molecule has 1 nitrogen and oxygen atoms in total. The molecule has 0 saturated heterocycles. The highest BCUT2D eigenvalue weighted by Gasteiger charge is 2.00. The van der Waals surface area contributed by atoms with Crippen LogP contribution >= 0.6 is 0 Å². The number of aliphatic hydroxyl groups is 1. The summed E-state index contributed by atoms with van der Waals surface area (Å²) >= 11 is 0. The maximum atomic E-state index is 9.52. The SMILES string of the molecule is CCCCCC/C=C/CCCC(O)CCC. The Morgan fingerprint density at radius 2 is 1.50 bits per heavy atom. The van der Waals surface area contributed by atoms with Crippen LogP contribution in [-0.4, -0.2) is 11.2 Å². The third-order valence-corrected chi connectivity index (χ3v) is 2.92. The molecule has 1 heteroatoms. The Hall–Kier alpha value is -0.300. The monoisotopic (exact) mass is 226 g/mol. The van der Waals surface area contributed by atoms with Crippen molar-refractivity contribution in [2.24, 2.45) is 0 Å². The molecule has 1 N–H and O–H groups in total. The first-order chi connectivity index (χ1) is 7.81. The van der Waals surface area contributed by atoms with Crippen molar-refractivity contribution in [1.29, 1.82) is 0 Å². The fraction of sp³-hybridized carbons (Fsp3) is 0.867. The second-order valence-electron chi connectivity index (χ2n) is 4.69. The molecule has 1 atom stereocenters. The van der Waals surface area contributed by atoms with E-state index in [1.165, 1.54) is 32.1 Å². The standard InChI is InChI=1S/C15H30O/c1-3-5-6-7-8-9-10-11-12-14-15(16)13-4-2/h9-10,15-16H,3-8,11-14H2,1-2H3/b10-9+. The highest BCUT2D eigenvalue weighted by Crippen LogP contribution is 2.08. The Labute approximate surface area is 102 Å². The van der Waals surface area contributed by atoms with Crippen LogP contribution in [0.3, 0.4) is 0 Å². The van der Waals surface area contributed by atoms with E-state index in [0.717, 1.165) is 32.1 Å². The zero-order valence-electron chi connectivity index (χ0n) is 11.3. The number of rotatable bonds is 11. The van der Waals surface area contributed by atoms with Crippen LogP contribution in [0.2, 0.25) is 0 Å². The van der Waals surface area contributed by atoms with E-state index in [1.807, 2.05) is 0 Å². The van der Waals surface area contributed by atoms with Gasteiger partial charge < -0.3 is 5.11 Å². The van der Waals surface area contributed by atoms with Crippen molar-refractivity contribution in [2.45, 2.75) is 84.2 Å². The van der Waals surface area contributed by atoms with E-state index in [1.54, 1.807) is 0 Å². The van der Waals surface area contributed by atoms with E-state index in [-0.39, 0.29) is 6.10 Å². The number of allylic oxidation sites excluding steroid dienone is 2. The summed E-state index contributed by atoms with van der Waals surface area (Å²) in [6, 6.07) is 0. The van der Waals surface area contributed by atoms with Gasteiger partial charge in [0, 0.05) is 0 Å². The van der Waals surface area contributed by atoms with Gasteiger partial charge in [-0.05, 0) is 38.5 Å². The van der Waals surface area contributed by atoms with Crippen molar-refractivity contribution in [1.82, 2.24) is 0 Å². The first-order valence-electron chi connectivity index (χ1n) is 7.14. The minimum absolute atomic E-state index is 0.0667. The van der Waals surface area contributed by atoms with Crippen LogP contribution in [0.5, 0.6) is 0 Å². The molecule has 0 aromatic heterocycles. The second-order valence-corrected chi connectivity index (χ2v) is 4.69. The zero-order chi connectivity index (χ0) is 12.1. The van der Waals surface area contributed by atoms with Crippen LogP contribution in [0.1, 0.15) is 78.1 Å². The normalized spacial score (nSPS) is 13.4. The van der Waals surface area contributed by atoms with Crippen molar-refractivity contribution >= 4 is 0 Å². The number of hydrogen-bond donors (Lipinski definition) is 1. The smallest absolute Gasteiger partial charge is 0.0540 e. The van der Waals surface area contributed by atoms with Gasteiger partial charge in [-0.1, -0.05) is 51.7 Å². The summed E-state index contributed by atoms with van der Waals surface area (Å²) in [7, 11) is 0. The minimum atomic E-state index is -0.0667.